The summed E-state index contributed by atoms with van der Waals surface area (Å²) >= 11 is 0. The van der Waals surface area contributed by atoms with Crippen LogP contribution in [-0.2, 0) is 9.59 Å². The highest BCUT2D eigenvalue weighted by molar-refractivity contribution is 6.44. The average molecular weight is 302 g/mol. The van der Waals surface area contributed by atoms with E-state index >= 15 is 0 Å². The van der Waals surface area contributed by atoms with Crippen LogP contribution in [0.5, 0.6) is 0 Å². The summed E-state index contributed by atoms with van der Waals surface area (Å²) in [5, 5.41) is 10.7. The number of aliphatic hydroxyl groups excluding tert-OH is 1. The molecule has 4 aliphatic carbocycles. The summed E-state index contributed by atoms with van der Waals surface area (Å²) in [6.07, 6.45) is 9.50. The van der Waals surface area contributed by atoms with Gasteiger partial charge in [0.15, 0.2) is 0 Å². The SMILES string of the molecule is C[C@@]12CCC[C@H]1[C@@H]1C[C@H](O)C3C=CC(=O)C(=O)[C@]3(C)[C@H]1CC2. The molecule has 0 amide bonds. The Kier molecular flexibility index (Phi) is 3.01. The molecule has 22 heavy (non-hydrogen) atoms. The van der Waals surface area contributed by atoms with Crippen molar-refractivity contribution in [3.05, 3.63) is 12.2 Å². The van der Waals surface area contributed by atoms with Gasteiger partial charge in [-0.25, -0.2) is 0 Å². The Labute approximate surface area is 132 Å². The van der Waals surface area contributed by atoms with Crippen LogP contribution in [0.15, 0.2) is 12.2 Å². The first-order chi connectivity index (χ1) is 10.4. The van der Waals surface area contributed by atoms with Crippen LogP contribution in [0, 0.1) is 34.5 Å². The second-order valence-corrected chi connectivity index (χ2v) is 8.63. The van der Waals surface area contributed by atoms with Crippen LogP contribution in [-0.4, -0.2) is 22.8 Å². The van der Waals surface area contributed by atoms with Gasteiger partial charge in [0.05, 0.1) is 6.10 Å². The maximum Gasteiger partial charge on any atom is 0.221 e. The first-order valence-corrected chi connectivity index (χ1v) is 8.83. The van der Waals surface area contributed by atoms with Gasteiger partial charge < -0.3 is 5.11 Å². The van der Waals surface area contributed by atoms with Crippen LogP contribution < -0.4 is 0 Å². The Morgan fingerprint density at radius 1 is 1.14 bits per heavy atom. The molecule has 0 radical (unpaired) electrons. The molecule has 0 bridgehead atoms. The molecule has 4 rings (SSSR count). The number of rotatable bonds is 0. The number of allylic oxidation sites excluding steroid dienone is 1. The van der Waals surface area contributed by atoms with Crippen molar-refractivity contribution in [3.8, 4) is 0 Å². The lowest BCUT2D eigenvalue weighted by Crippen LogP contribution is -2.60. The summed E-state index contributed by atoms with van der Waals surface area (Å²) in [5.74, 6) is 0.484. The smallest absolute Gasteiger partial charge is 0.221 e. The third kappa shape index (κ3) is 1.66. The predicted octanol–water partition coefficient (Wildman–Crippen LogP) is 2.91. The van der Waals surface area contributed by atoms with Gasteiger partial charge in [0.1, 0.15) is 0 Å². The lowest BCUT2D eigenvalue weighted by molar-refractivity contribution is -0.164. The minimum absolute atomic E-state index is 0.176. The summed E-state index contributed by atoms with van der Waals surface area (Å²) in [5.41, 5.74) is -0.292. The maximum absolute atomic E-state index is 12.7. The zero-order valence-corrected chi connectivity index (χ0v) is 13.5. The number of Topliss-reactive ketones (excluding diaryl/α,β-unsaturated/α-hetero) is 1. The van der Waals surface area contributed by atoms with Gasteiger partial charge in [0.25, 0.3) is 0 Å². The second kappa shape index (κ2) is 4.53. The fourth-order valence-electron chi connectivity index (χ4n) is 6.61. The standard InChI is InChI=1S/C19H26O3/c1-18-8-3-4-12(18)11-10-16(21)14-5-6-15(20)17(22)19(14,2)13(11)7-9-18/h5-6,11-14,16,21H,3-4,7-10H2,1-2H3/t11-,12-,13-,14?,16-,18-,19+/m0/s1. The fraction of sp³-hybridized carbons (Fsp3) is 0.789. The molecule has 0 saturated heterocycles. The molecule has 0 spiro atoms. The van der Waals surface area contributed by atoms with Crippen LogP contribution in [0.3, 0.4) is 0 Å². The molecule has 7 atom stereocenters. The quantitative estimate of drug-likeness (QED) is 0.700. The van der Waals surface area contributed by atoms with E-state index in [1.807, 2.05) is 13.0 Å². The van der Waals surface area contributed by atoms with Crippen LogP contribution in [0.4, 0.5) is 0 Å². The Morgan fingerprint density at radius 2 is 1.91 bits per heavy atom. The molecule has 1 unspecified atom stereocenters. The lowest BCUT2D eigenvalue weighted by Gasteiger charge is -2.58. The number of hydrogen-bond acceptors (Lipinski definition) is 3. The van der Waals surface area contributed by atoms with E-state index in [0.29, 0.717) is 17.3 Å². The molecule has 0 aliphatic heterocycles. The van der Waals surface area contributed by atoms with Gasteiger partial charge in [0, 0.05) is 11.3 Å². The zero-order chi connectivity index (χ0) is 15.7. The molecule has 3 nitrogen and oxygen atoms in total. The summed E-state index contributed by atoms with van der Waals surface area (Å²) < 4.78 is 0. The van der Waals surface area contributed by atoms with Gasteiger partial charge in [-0.05, 0) is 61.3 Å². The molecule has 0 aromatic rings. The second-order valence-electron chi connectivity index (χ2n) is 8.63. The van der Waals surface area contributed by atoms with Gasteiger partial charge in [-0.15, -0.1) is 0 Å². The fourth-order valence-corrected chi connectivity index (χ4v) is 6.61. The van der Waals surface area contributed by atoms with Crippen LogP contribution >= 0.6 is 0 Å². The van der Waals surface area contributed by atoms with Crippen molar-refractivity contribution >= 4 is 11.6 Å². The third-order valence-electron chi connectivity index (χ3n) is 7.78. The van der Waals surface area contributed by atoms with Crippen LogP contribution in [0.25, 0.3) is 0 Å². The highest BCUT2D eigenvalue weighted by Crippen LogP contribution is 2.64. The van der Waals surface area contributed by atoms with E-state index in [2.05, 4.69) is 6.92 Å². The van der Waals surface area contributed by atoms with Gasteiger partial charge in [-0.2, -0.15) is 0 Å². The Balaban J connectivity index is 1.78. The summed E-state index contributed by atoms with van der Waals surface area (Å²) in [7, 11) is 0. The Hall–Kier alpha value is -0.960. The van der Waals surface area contributed by atoms with Crippen molar-refractivity contribution in [2.24, 2.45) is 34.5 Å². The molecule has 3 fully saturated rings. The number of carbonyl (C=O) groups is 2. The summed E-state index contributed by atoms with van der Waals surface area (Å²) in [4.78, 5) is 24.7. The average Bonchev–Trinajstić information content (AvgIpc) is 2.86. The van der Waals surface area contributed by atoms with Gasteiger partial charge in [0.2, 0.25) is 11.6 Å². The van der Waals surface area contributed by atoms with Gasteiger partial charge in [-0.1, -0.05) is 26.3 Å². The minimum Gasteiger partial charge on any atom is -0.392 e. The van der Waals surface area contributed by atoms with E-state index in [-0.39, 0.29) is 23.4 Å². The van der Waals surface area contributed by atoms with E-state index in [4.69, 9.17) is 0 Å². The number of fused-ring (bicyclic) bond motifs is 5. The molecular formula is C19H26O3. The van der Waals surface area contributed by atoms with E-state index in [1.54, 1.807) is 0 Å². The molecule has 4 aliphatic rings. The van der Waals surface area contributed by atoms with Crippen molar-refractivity contribution in [2.75, 3.05) is 0 Å². The normalized spacial score (nSPS) is 53.9. The number of hydrogen-bond donors (Lipinski definition) is 1. The van der Waals surface area contributed by atoms with Gasteiger partial charge >= 0.3 is 0 Å². The van der Waals surface area contributed by atoms with E-state index < -0.39 is 11.5 Å². The third-order valence-corrected chi connectivity index (χ3v) is 7.78. The van der Waals surface area contributed by atoms with Gasteiger partial charge in [-0.3, -0.25) is 9.59 Å². The van der Waals surface area contributed by atoms with Crippen molar-refractivity contribution in [1.29, 1.82) is 0 Å². The maximum atomic E-state index is 12.7. The lowest BCUT2D eigenvalue weighted by atomic mass is 9.45. The molecule has 1 N–H and O–H groups in total. The molecule has 0 heterocycles. The van der Waals surface area contributed by atoms with Crippen LogP contribution in [0.2, 0.25) is 0 Å². The highest BCUT2D eigenvalue weighted by atomic mass is 16.3. The van der Waals surface area contributed by atoms with Crippen molar-refractivity contribution < 1.29 is 14.7 Å². The molecule has 3 heteroatoms. The van der Waals surface area contributed by atoms with Crippen LogP contribution in [0.1, 0.15) is 52.4 Å². The Bertz CT molecular complexity index is 565. The molecular weight excluding hydrogens is 276 g/mol. The summed E-state index contributed by atoms with van der Waals surface area (Å²) in [6.45, 7) is 4.36. The largest absolute Gasteiger partial charge is 0.392 e. The van der Waals surface area contributed by atoms with Crippen molar-refractivity contribution in [1.82, 2.24) is 0 Å². The van der Waals surface area contributed by atoms with E-state index in [1.165, 1.54) is 31.8 Å². The molecule has 0 aromatic carbocycles. The predicted molar refractivity (Wildman–Crippen MR) is 83.0 cm³/mol. The molecule has 3 saturated carbocycles. The number of ketones is 2. The number of aliphatic hydroxyl groups is 1. The zero-order valence-electron chi connectivity index (χ0n) is 13.5. The van der Waals surface area contributed by atoms with E-state index in [0.717, 1.165) is 12.8 Å². The first-order valence-electron chi connectivity index (χ1n) is 8.83. The number of carbonyl (C=O) groups excluding carboxylic acids is 2. The monoisotopic (exact) mass is 302 g/mol. The Morgan fingerprint density at radius 3 is 2.68 bits per heavy atom. The molecule has 120 valence electrons. The van der Waals surface area contributed by atoms with Crippen molar-refractivity contribution in [2.45, 2.75) is 58.5 Å². The highest BCUT2D eigenvalue weighted by Gasteiger charge is 2.62. The molecule has 0 aromatic heterocycles. The minimum atomic E-state index is -0.682. The first kappa shape index (κ1) is 14.6. The van der Waals surface area contributed by atoms with Crippen molar-refractivity contribution in [3.63, 3.8) is 0 Å². The summed E-state index contributed by atoms with van der Waals surface area (Å²) in [6, 6.07) is 0. The topological polar surface area (TPSA) is 54.4 Å². The van der Waals surface area contributed by atoms with E-state index in [9.17, 15) is 14.7 Å².